The van der Waals surface area contributed by atoms with E-state index in [0.717, 1.165) is 18.6 Å². The fraction of sp³-hybridized carbons (Fsp3) is 1.00. The molecule has 3 fully saturated rings. The molecule has 3 aliphatic rings. The van der Waals surface area contributed by atoms with Crippen LogP contribution in [-0.4, -0.2) is 48.8 Å². The molecule has 0 aromatic heterocycles. The van der Waals surface area contributed by atoms with E-state index < -0.39 is 0 Å². The van der Waals surface area contributed by atoms with Crippen molar-refractivity contribution in [1.29, 1.82) is 0 Å². The van der Waals surface area contributed by atoms with Gasteiger partial charge in [0.25, 0.3) is 0 Å². The molecule has 0 aromatic carbocycles. The number of nitrogens with zero attached hydrogens (tertiary/aromatic N) is 1. The number of nitrogens with one attached hydrogen (secondary N) is 1. The summed E-state index contributed by atoms with van der Waals surface area (Å²) in [6, 6.07) is 1.43. The van der Waals surface area contributed by atoms with Gasteiger partial charge in [-0.15, -0.1) is 0 Å². The molecular formula is C17H32N2O. The fourth-order valence-electron chi connectivity index (χ4n) is 4.35. The molecule has 0 bridgehead atoms. The summed E-state index contributed by atoms with van der Waals surface area (Å²) < 4.78 is 6.11. The first kappa shape index (κ1) is 14.8. The van der Waals surface area contributed by atoms with E-state index >= 15 is 0 Å². The summed E-state index contributed by atoms with van der Waals surface area (Å²) in [5.41, 5.74) is 0.282. The minimum Gasteiger partial charge on any atom is -0.375 e. The van der Waals surface area contributed by atoms with Gasteiger partial charge in [-0.05, 0) is 77.8 Å². The average Bonchev–Trinajstić information content (AvgIpc) is 2.44. The summed E-state index contributed by atoms with van der Waals surface area (Å²) in [6.45, 7) is 9.48. The zero-order valence-corrected chi connectivity index (χ0v) is 13.4. The van der Waals surface area contributed by atoms with E-state index in [1.54, 1.807) is 0 Å². The predicted molar refractivity (Wildman–Crippen MR) is 83.0 cm³/mol. The zero-order valence-electron chi connectivity index (χ0n) is 13.4. The molecule has 0 amide bonds. The summed E-state index contributed by atoms with van der Waals surface area (Å²) in [7, 11) is 0. The van der Waals surface area contributed by atoms with Crippen LogP contribution in [0.5, 0.6) is 0 Å². The third-order valence-electron chi connectivity index (χ3n) is 5.79. The van der Waals surface area contributed by atoms with Crippen molar-refractivity contribution in [3.63, 3.8) is 0 Å². The van der Waals surface area contributed by atoms with Crippen LogP contribution >= 0.6 is 0 Å². The molecule has 1 aliphatic carbocycles. The molecule has 1 spiro atoms. The van der Waals surface area contributed by atoms with Crippen LogP contribution in [0, 0.1) is 5.92 Å². The van der Waals surface area contributed by atoms with Gasteiger partial charge in [0.05, 0.1) is 5.60 Å². The lowest BCUT2D eigenvalue weighted by Crippen LogP contribution is -2.54. The molecule has 20 heavy (non-hydrogen) atoms. The van der Waals surface area contributed by atoms with Crippen molar-refractivity contribution in [2.45, 2.75) is 76.5 Å². The molecule has 1 saturated carbocycles. The maximum Gasteiger partial charge on any atom is 0.0697 e. The quantitative estimate of drug-likeness (QED) is 0.857. The molecular weight excluding hydrogens is 248 g/mol. The van der Waals surface area contributed by atoms with Gasteiger partial charge in [0, 0.05) is 25.2 Å². The fourth-order valence-corrected chi connectivity index (χ4v) is 4.35. The van der Waals surface area contributed by atoms with E-state index in [-0.39, 0.29) is 5.60 Å². The molecule has 1 unspecified atom stereocenters. The molecule has 3 nitrogen and oxygen atoms in total. The molecule has 2 aliphatic heterocycles. The molecule has 3 heteroatoms. The largest absolute Gasteiger partial charge is 0.375 e. The SMILES string of the molecule is CC(C)N(CC1CCNCC1)C1CCOC2(CCC2)C1. The third-order valence-corrected chi connectivity index (χ3v) is 5.79. The van der Waals surface area contributed by atoms with Crippen LogP contribution in [0.1, 0.15) is 58.8 Å². The van der Waals surface area contributed by atoms with Gasteiger partial charge in [-0.1, -0.05) is 0 Å². The Labute approximate surface area is 124 Å². The van der Waals surface area contributed by atoms with Crippen molar-refractivity contribution in [3.8, 4) is 0 Å². The van der Waals surface area contributed by atoms with E-state index in [9.17, 15) is 0 Å². The standard InChI is InChI=1S/C17H32N2O/c1-14(2)19(13-15-4-9-18-10-5-15)16-6-11-20-17(12-16)7-3-8-17/h14-16,18H,3-13H2,1-2H3. The van der Waals surface area contributed by atoms with Crippen LogP contribution in [0.3, 0.4) is 0 Å². The van der Waals surface area contributed by atoms with Crippen LogP contribution in [-0.2, 0) is 4.74 Å². The molecule has 2 heterocycles. The Morgan fingerprint density at radius 2 is 1.95 bits per heavy atom. The number of rotatable bonds is 4. The Hall–Kier alpha value is -0.120. The highest BCUT2D eigenvalue weighted by Gasteiger charge is 2.44. The van der Waals surface area contributed by atoms with Crippen molar-refractivity contribution in [2.75, 3.05) is 26.2 Å². The normalized spacial score (nSPS) is 30.9. The summed E-state index contributed by atoms with van der Waals surface area (Å²) in [5, 5.41) is 3.49. The molecule has 0 radical (unpaired) electrons. The Balaban J connectivity index is 1.60. The second kappa shape index (κ2) is 6.33. The van der Waals surface area contributed by atoms with Gasteiger partial charge in [-0.25, -0.2) is 0 Å². The minimum atomic E-state index is 0.282. The maximum absolute atomic E-state index is 6.11. The van der Waals surface area contributed by atoms with Crippen molar-refractivity contribution in [3.05, 3.63) is 0 Å². The number of ether oxygens (including phenoxy) is 1. The monoisotopic (exact) mass is 280 g/mol. The maximum atomic E-state index is 6.11. The van der Waals surface area contributed by atoms with Gasteiger partial charge < -0.3 is 10.1 Å². The molecule has 116 valence electrons. The van der Waals surface area contributed by atoms with Crippen molar-refractivity contribution >= 4 is 0 Å². The Morgan fingerprint density at radius 1 is 1.20 bits per heavy atom. The van der Waals surface area contributed by atoms with Gasteiger partial charge in [0.1, 0.15) is 0 Å². The van der Waals surface area contributed by atoms with Crippen molar-refractivity contribution < 1.29 is 4.74 Å². The third kappa shape index (κ3) is 3.20. The van der Waals surface area contributed by atoms with Crippen LogP contribution in [0.15, 0.2) is 0 Å². The predicted octanol–water partition coefficient (Wildman–Crippen LogP) is 2.80. The Morgan fingerprint density at radius 3 is 2.55 bits per heavy atom. The highest BCUT2D eigenvalue weighted by Crippen LogP contribution is 2.43. The second-order valence-electron chi connectivity index (χ2n) is 7.52. The lowest BCUT2D eigenvalue weighted by molar-refractivity contribution is -0.152. The first-order chi connectivity index (χ1) is 9.69. The minimum absolute atomic E-state index is 0.282. The zero-order chi connectivity index (χ0) is 14.0. The van der Waals surface area contributed by atoms with E-state index in [0.29, 0.717) is 6.04 Å². The Bertz CT molecular complexity index is 308. The van der Waals surface area contributed by atoms with Crippen molar-refractivity contribution in [1.82, 2.24) is 10.2 Å². The topological polar surface area (TPSA) is 24.5 Å². The van der Waals surface area contributed by atoms with Crippen LogP contribution in [0.2, 0.25) is 0 Å². The first-order valence-electron chi connectivity index (χ1n) is 8.79. The van der Waals surface area contributed by atoms with Crippen LogP contribution in [0.4, 0.5) is 0 Å². The van der Waals surface area contributed by atoms with E-state index in [1.807, 2.05) is 0 Å². The summed E-state index contributed by atoms with van der Waals surface area (Å²) in [4.78, 5) is 2.80. The molecule has 3 rings (SSSR count). The van der Waals surface area contributed by atoms with Crippen LogP contribution < -0.4 is 5.32 Å². The van der Waals surface area contributed by atoms with Gasteiger partial charge in [0.2, 0.25) is 0 Å². The number of hydrogen-bond acceptors (Lipinski definition) is 3. The van der Waals surface area contributed by atoms with Crippen LogP contribution in [0.25, 0.3) is 0 Å². The lowest BCUT2D eigenvalue weighted by atomic mass is 9.73. The van der Waals surface area contributed by atoms with Gasteiger partial charge in [-0.3, -0.25) is 4.90 Å². The van der Waals surface area contributed by atoms with Crippen molar-refractivity contribution in [2.24, 2.45) is 5.92 Å². The molecule has 1 N–H and O–H groups in total. The van der Waals surface area contributed by atoms with E-state index in [2.05, 4.69) is 24.1 Å². The van der Waals surface area contributed by atoms with Gasteiger partial charge >= 0.3 is 0 Å². The number of hydrogen-bond donors (Lipinski definition) is 1. The average molecular weight is 280 g/mol. The first-order valence-corrected chi connectivity index (χ1v) is 8.79. The van der Waals surface area contributed by atoms with Gasteiger partial charge in [0.15, 0.2) is 0 Å². The number of piperidine rings is 1. The summed E-state index contributed by atoms with van der Waals surface area (Å²) in [6.07, 6.45) is 9.24. The van der Waals surface area contributed by atoms with Gasteiger partial charge in [-0.2, -0.15) is 0 Å². The highest BCUT2D eigenvalue weighted by atomic mass is 16.5. The Kier molecular flexibility index (Phi) is 4.68. The molecule has 2 saturated heterocycles. The smallest absolute Gasteiger partial charge is 0.0697 e. The molecule has 1 atom stereocenters. The summed E-state index contributed by atoms with van der Waals surface area (Å²) in [5.74, 6) is 0.902. The van der Waals surface area contributed by atoms with E-state index in [4.69, 9.17) is 4.74 Å². The van der Waals surface area contributed by atoms with E-state index in [1.165, 1.54) is 64.6 Å². The molecule has 0 aromatic rings. The second-order valence-corrected chi connectivity index (χ2v) is 7.52. The summed E-state index contributed by atoms with van der Waals surface area (Å²) >= 11 is 0. The highest BCUT2D eigenvalue weighted by molar-refractivity contribution is 4.97. The lowest BCUT2D eigenvalue weighted by Gasteiger charge is -2.51.